The number of amidine groups is 1. The third kappa shape index (κ3) is 2.86. The number of hydrogen-bond acceptors (Lipinski definition) is 7. The molecule has 2 aliphatic rings. The van der Waals surface area contributed by atoms with Crippen LogP contribution in [-0.2, 0) is 14.3 Å². The molecule has 2 heterocycles. The molecule has 0 aliphatic carbocycles. The summed E-state index contributed by atoms with van der Waals surface area (Å²) in [6.07, 6.45) is 0. The van der Waals surface area contributed by atoms with E-state index in [1.165, 1.54) is 23.8 Å². The minimum atomic E-state index is -0.637. The number of allylic oxidation sites excluding steroid dienone is 1. The Kier molecular flexibility index (Phi) is 4.71. The summed E-state index contributed by atoms with van der Waals surface area (Å²) in [4.78, 5) is 30.7. The molecule has 1 saturated heterocycles. The zero-order chi connectivity index (χ0) is 18.1. The number of hydrogen-bond donors (Lipinski definition) is 0. The first kappa shape index (κ1) is 17.3. The number of aliphatic imine (C=N–C) groups is 1. The van der Waals surface area contributed by atoms with Crippen molar-refractivity contribution in [3.05, 3.63) is 35.0 Å². The van der Waals surface area contributed by atoms with Crippen molar-refractivity contribution in [3.8, 4) is 11.5 Å². The van der Waals surface area contributed by atoms with E-state index in [1.807, 2.05) is 0 Å². The summed E-state index contributed by atoms with van der Waals surface area (Å²) >= 11 is 1.35. The van der Waals surface area contributed by atoms with Crippen LogP contribution < -0.4 is 9.47 Å². The number of nitrogens with zero attached hydrogens (tertiary/aromatic N) is 2. The number of carbonyl (C=O) groups is 2. The molecule has 8 heteroatoms. The largest absolute Gasteiger partial charge is 0.497 e. The smallest absolute Gasteiger partial charge is 0.338 e. The first-order valence-electron chi connectivity index (χ1n) is 7.56. The van der Waals surface area contributed by atoms with Crippen LogP contribution in [0.15, 0.2) is 34.5 Å². The summed E-state index contributed by atoms with van der Waals surface area (Å²) in [7, 11) is 4.42. The lowest BCUT2D eigenvalue weighted by Gasteiger charge is -2.29. The molecule has 0 bridgehead atoms. The second-order valence-electron chi connectivity index (χ2n) is 5.43. The van der Waals surface area contributed by atoms with Crippen molar-refractivity contribution in [2.75, 3.05) is 27.1 Å². The highest BCUT2D eigenvalue weighted by Gasteiger charge is 2.40. The molecule has 0 saturated carbocycles. The number of fused-ring (bicyclic) bond motifs is 1. The highest BCUT2D eigenvalue weighted by atomic mass is 32.2. The van der Waals surface area contributed by atoms with Gasteiger partial charge in [-0.05, 0) is 25.1 Å². The summed E-state index contributed by atoms with van der Waals surface area (Å²) in [5, 5.41) is 0.574. The zero-order valence-corrected chi connectivity index (χ0v) is 15.2. The van der Waals surface area contributed by atoms with E-state index in [4.69, 9.17) is 14.2 Å². The van der Waals surface area contributed by atoms with Crippen LogP contribution >= 0.6 is 11.8 Å². The standard InChI is InChI=1S/C17H18N2O5S/c1-9-14(16(21)24-4)15(18-17-19(9)13(20)8-25-17)11-7-10(22-2)5-6-12(11)23-3/h5-7,15H,8H2,1-4H3/t15-/m1/s1. The predicted molar refractivity (Wildman–Crippen MR) is 93.7 cm³/mol. The topological polar surface area (TPSA) is 77.4 Å². The molecule has 7 nitrogen and oxygen atoms in total. The normalized spacial score (nSPS) is 19.5. The lowest BCUT2D eigenvalue weighted by molar-refractivity contribution is -0.136. The molecule has 0 aromatic heterocycles. The van der Waals surface area contributed by atoms with Crippen LogP contribution in [0.2, 0.25) is 0 Å². The molecule has 1 fully saturated rings. The van der Waals surface area contributed by atoms with Crippen LogP contribution in [0.5, 0.6) is 11.5 Å². The van der Waals surface area contributed by atoms with E-state index >= 15 is 0 Å². The van der Waals surface area contributed by atoms with Crippen molar-refractivity contribution >= 4 is 28.8 Å². The Morgan fingerprint density at radius 3 is 2.68 bits per heavy atom. The fourth-order valence-corrected chi connectivity index (χ4v) is 3.86. The third-order valence-electron chi connectivity index (χ3n) is 4.14. The molecule has 132 valence electrons. The Bertz CT molecular complexity index is 802. The van der Waals surface area contributed by atoms with Crippen LogP contribution in [-0.4, -0.2) is 49.0 Å². The second-order valence-corrected chi connectivity index (χ2v) is 6.37. The minimum Gasteiger partial charge on any atom is -0.497 e. The Hall–Kier alpha value is -2.48. The molecule has 0 spiro atoms. The van der Waals surface area contributed by atoms with Gasteiger partial charge in [-0.25, -0.2) is 9.79 Å². The van der Waals surface area contributed by atoms with Gasteiger partial charge in [0, 0.05) is 11.3 Å². The number of rotatable bonds is 4. The van der Waals surface area contributed by atoms with Crippen molar-refractivity contribution in [2.45, 2.75) is 13.0 Å². The van der Waals surface area contributed by atoms with Gasteiger partial charge in [-0.15, -0.1) is 0 Å². The van der Waals surface area contributed by atoms with Gasteiger partial charge >= 0.3 is 5.97 Å². The lowest BCUT2D eigenvalue weighted by atomic mass is 9.95. The van der Waals surface area contributed by atoms with Gasteiger partial charge in [0.1, 0.15) is 17.5 Å². The number of esters is 1. The van der Waals surface area contributed by atoms with Gasteiger partial charge in [0.05, 0.1) is 32.7 Å². The molecule has 1 amide bonds. The van der Waals surface area contributed by atoms with E-state index in [1.54, 1.807) is 39.3 Å². The summed E-state index contributed by atoms with van der Waals surface area (Å²) in [6.45, 7) is 1.73. The quantitative estimate of drug-likeness (QED) is 0.764. The molecule has 25 heavy (non-hydrogen) atoms. The van der Waals surface area contributed by atoms with Crippen molar-refractivity contribution in [1.29, 1.82) is 0 Å². The Balaban J connectivity index is 2.20. The van der Waals surface area contributed by atoms with E-state index < -0.39 is 12.0 Å². The second kappa shape index (κ2) is 6.79. The van der Waals surface area contributed by atoms with Crippen LogP contribution in [0.1, 0.15) is 18.5 Å². The maximum atomic E-state index is 12.4. The van der Waals surface area contributed by atoms with E-state index in [9.17, 15) is 9.59 Å². The van der Waals surface area contributed by atoms with Crippen LogP contribution in [0.25, 0.3) is 0 Å². The molecule has 0 unspecified atom stereocenters. The lowest BCUT2D eigenvalue weighted by Crippen LogP contribution is -2.35. The van der Waals surface area contributed by atoms with Crippen LogP contribution in [0.3, 0.4) is 0 Å². The number of ether oxygens (including phenoxy) is 3. The number of benzene rings is 1. The van der Waals surface area contributed by atoms with Crippen LogP contribution in [0, 0.1) is 0 Å². The molecule has 1 aromatic rings. The molecule has 2 aliphatic heterocycles. The van der Waals surface area contributed by atoms with Gasteiger partial charge in [-0.2, -0.15) is 0 Å². The Labute approximate surface area is 149 Å². The van der Waals surface area contributed by atoms with Gasteiger partial charge in [-0.1, -0.05) is 11.8 Å². The molecular weight excluding hydrogens is 344 g/mol. The maximum absolute atomic E-state index is 12.4. The Morgan fingerprint density at radius 1 is 1.28 bits per heavy atom. The third-order valence-corrected chi connectivity index (χ3v) is 5.08. The average molecular weight is 362 g/mol. The fourth-order valence-electron chi connectivity index (χ4n) is 2.93. The molecule has 1 aromatic carbocycles. The summed E-state index contributed by atoms with van der Waals surface area (Å²) in [5.41, 5.74) is 1.52. The summed E-state index contributed by atoms with van der Waals surface area (Å²) < 4.78 is 15.7. The average Bonchev–Trinajstić information content (AvgIpc) is 3.01. The number of thioether (sulfide) groups is 1. The van der Waals surface area contributed by atoms with Crippen molar-refractivity contribution in [2.24, 2.45) is 4.99 Å². The SMILES string of the molecule is COC(=O)C1=C(C)N2C(=O)CSC2=N[C@@H]1c1cc(OC)ccc1OC. The first-order valence-corrected chi connectivity index (χ1v) is 8.55. The van der Waals surface area contributed by atoms with Gasteiger partial charge < -0.3 is 14.2 Å². The van der Waals surface area contributed by atoms with Crippen molar-refractivity contribution < 1.29 is 23.8 Å². The van der Waals surface area contributed by atoms with Gasteiger partial charge in [0.2, 0.25) is 5.91 Å². The van der Waals surface area contributed by atoms with E-state index in [-0.39, 0.29) is 5.91 Å². The molecule has 1 atom stereocenters. The number of carbonyl (C=O) groups excluding carboxylic acids is 2. The summed E-state index contributed by atoms with van der Waals surface area (Å²) in [5.74, 6) is 0.869. The van der Waals surface area contributed by atoms with Crippen molar-refractivity contribution in [1.82, 2.24) is 4.90 Å². The zero-order valence-electron chi connectivity index (χ0n) is 14.4. The maximum Gasteiger partial charge on any atom is 0.338 e. The van der Waals surface area contributed by atoms with E-state index in [2.05, 4.69) is 4.99 Å². The fraction of sp³-hybridized carbons (Fsp3) is 0.353. The monoisotopic (exact) mass is 362 g/mol. The van der Waals surface area contributed by atoms with Crippen molar-refractivity contribution in [3.63, 3.8) is 0 Å². The predicted octanol–water partition coefficient (Wildman–Crippen LogP) is 2.14. The molecular formula is C17H18N2O5S. The molecule has 0 radical (unpaired) electrons. The van der Waals surface area contributed by atoms with E-state index in [0.29, 0.717) is 39.3 Å². The van der Waals surface area contributed by atoms with E-state index in [0.717, 1.165) is 0 Å². The van der Waals surface area contributed by atoms with Crippen LogP contribution in [0.4, 0.5) is 0 Å². The summed E-state index contributed by atoms with van der Waals surface area (Å²) in [6, 6.07) is 4.67. The molecule has 3 rings (SSSR count). The highest BCUT2D eigenvalue weighted by Crippen LogP contribution is 2.43. The number of amides is 1. The Morgan fingerprint density at radius 2 is 2.04 bits per heavy atom. The van der Waals surface area contributed by atoms with Gasteiger partial charge in [0.25, 0.3) is 0 Å². The number of methoxy groups -OCH3 is 3. The van der Waals surface area contributed by atoms with Gasteiger partial charge in [0.15, 0.2) is 5.17 Å². The minimum absolute atomic E-state index is 0.0984. The van der Waals surface area contributed by atoms with Gasteiger partial charge in [-0.3, -0.25) is 9.69 Å². The molecule has 0 N–H and O–H groups in total. The highest BCUT2D eigenvalue weighted by molar-refractivity contribution is 8.15. The first-order chi connectivity index (χ1) is 12.0.